The van der Waals surface area contributed by atoms with E-state index in [-0.39, 0.29) is 17.2 Å². The van der Waals surface area contributed by atoms with Crippen LogP contribution < -0.4 is 10.7 Å². The van der Waals surface area contributed by atoms with E-state index in [0.29, 0.717) is 22.7 Å². The van der Waals surface area contributed by atoms with E-state index in [1.807, 2.05) is 36.4 Å². The number of rotatable bonds is 6. The van der Waals surface area contributed by atoms with Crippen LogP contribution in [-0.2, 0) is 5.41 Å². The van der Waals surface area contributed by atoms with Crippen molar-refractivity contribution in [1.82, 2.24) is 5.43 Å². The number of benzene rings is 3. The van der Waals surface area contributed by atoms with Crippen molar-refractivity contribution < 1.29 is 9.59 Å². The highest BCUT2D eigenvalue weighted by molar-refractivity contribution is 6.04. The number of amides is 2. The maximum Gasteiger partial charge on any atom is 0.271 e. The monoisotopic (exact) mass is 441 g/mol. The predicted octanol–water partition coefficient (Wildman–Crippen LogP) is 6.12. The second-order valence-electron chi connectivity index (χ2n) is 9.38. The van der Waals surface area contributed by atoms with Crippen LogP contribution in [0, 0.1) is 0 Å². The lowest BCUT2D eigenvalue weighted by Crippen LogP contribution is -2.18. The third-order valence-electron chi connectivity index (χ3n) is 5.40. The minimum absolute atomic E-state index is 0.0356. The summed E-state index contributed by atoms with van der Waals surface area (Å²) in [6, 6.07) is 22.4. The molecule has 0 unspecified atom stereocenters. The van der Waals surface area contributed by atoms with Crippen LogP contribution in [0.3, 0.4) is 0 Å². The Labute approximate surface area is 195 Å². The molecular formula is C28H31N3O2. The minimum Gasteiger partial charge on any atom is -0.322 e. The smallest absolute Gasteiger partial charge is 0.271 e. The molecule has 0 fully saturated rings. The quantitative estimate of drug-likeness (QED) is 0.357. The summed E-state index contributed by atoms with van der Waals surface area (Å²) in [6.07, 6.45) is 1.61. The van der Waals surface area contributed by atoms with Crippen molar-refractivity contribution in [2.45, 2.75) is 46.0 Å². The fourth-order valence-corrected chi connectivity index (χ4v) is 3.23. The first kappa shape index (κ1) is 23.9. The fraction of sp³-hybridized carbons (Fsp3) is 0.250. The van der Waals surface area contributed by atoms with E-state index in [9.17, 15) is 9.59 Å². The van der Waals surface area contributed by atoms with Crippen LogP contribution in [0.4, 0.5) is 5.69 Å². The zero-order valence-electron chi connectivity index (χ0n) is 19.8. The van der Waals surface area contributed by atoms with Gasteiger partial charge >= 0.3 is 0 Å². The van der Waals surface area contributed by atoms with Gasteiger partial charge in [-0.3, -0.25) is 9.59 Å². The Balaban J connectivity index is 1.55. The van der Waals surface area contributed by atoms with Gasteiger partial charge in [0.2, 0.25) is 0 Å². The van der Waals surface area contributed by atoms with Crippen molar-refractivity contribution in [1.29, 1.82) is 0 Å². The van der Waals surface area contributed by atoms with Crippen LogP contribution in [-0.4, -0.2) is 18.0 Å². The molecule has 3 aromatic carbocycles. The van der Waals surface area contributed by atoms with Crippen molar-refractivity contribution in [3.63, 3.8) is 0 Å². The Morgan fingerprint density at radius 2 is 1.33 bits per heavy atom. The van der Waals surface area contributed by atoms with Gasteiger partial charge in [-0.05, 0) is 64.4 Å². The van der Waals surface area contributed by atoms with E-state index in [2.05, 4.69) is 62.6 Å². The van der Waals surface area contributed by atoms with Crippen LogP contribution in [0.15, 0.2) is 77.9 Å². The molecule has 170 valence electrons. The Hall–Kier alpha value is -3.73. The summed E-state index contributed by atoms with van der Waals surface area (Å²) in [5.41, 5.74) is 7.56. The van der Waals surface area contributed by atoms with E-state index in [1.54, 1.807) is 30.5 Å². The summed E-state index contributed by atoms with van der Waals surface area (Å²) in [5.74, 6) is -0.0427. The van der Waals surface area contributed by atoms with Crippen LogP contribution in [0.5, 0.6) is 0 Å². The van der Waals surface area contributed by atoms with E-state index in [0.717, 1.165) is 5.56 Å². The number of hydrazone groups is 1. The molecule has 5 nitrogen and oxygen atoms in total. The van der Waals surface area contributed by atoms with E-state index in [1.165, 1.54) is 11.1 Å². The number of hydrogen-bond donors (Lipinski definition) is 2. The van der Waals surface area contributed by atoms with E-state index in [4.69, 9.17) is 0 Å². The number of nitrogens with one attached hydrogen (secondary N) is 2. The third-order valence-corrected chi connectivity index (χ3v) is 5.40. The zero-order valence-corrected chi connectivity index (χ0v) is 19.8. The fourth-order valence-electron chi connectivity index (χ4n) is 3.23. The van der Waals surface area contributed by atoms with E-state index < -0.39 is 0 Å². The molecule has 33 heavy (non-hydrogen) atoms. The van der Waals surface area contributed by atoms with Gasteiger partial charge in [-0.25, -0.2) is 5.43 Å². The highest BCUT2D eigenvalue weighted by Crippen LogP contribution is 2.22. The number of anilines is 1. The normalized spacial score (nSPS) is 11.6. The van der Waals surface area contributed by atoms with Gasteiger partial charge in [-0.1, -0.05) is 71.0 Å². The molecule has 3 aromatic rings. The van der Waals surface area contributed by atoms with Crippen LogP contribution in [0.2, 0.25) is 0 Å². The SMILES string of the molecule is CC(C)c1ccc(/C=N/NC(=O)c2ccc(NC(=O)c3ccc(C(C)(C)C)cc3)cc2)cc1. The molecule has 2 amide bonds. The molecule has 5 heteroatoms. The van der Waals surface area contributed by atoms with Gasteiger partial charge in [0.1, 0.15) is 0 Å². The lowest BCUT2D eigenvalue weighted by atomic mass is 9.87. The van der Waals surface area contributed by atoms with Gasteiger partial charge in [0.05, 0.1) is 6.21 Å². The molecule has 0 aromatic heterocycles. The summed E-state index contributed by atoms with van der Waals surface area (Å²) < 4.78 is 0. The average Bonchev–Trinajstić information content (AvgIpc) is 2.79. The Morgan fingerprint density at radius 3 is 1.88 bits per heavy atom. The predicted molar refractivity (Wildman–Crippen MR) is 135 cm³/mol. The van der Waals surface area contributed by atoms with Crippen molar-refractivity contribution in [2.24, 2.45) is 5.10 Å². The topological polar surface area (TPSA) is 70.6 Å². The van der Waals surface area contributed by atoms with Gasteiger partial charge in [0.15, 0.2) is 0 Å². The first-order valence-corrected chi connectivity index (χ1v) is 11.1. The second-order valence-corrected chi connectivity index (χ2v) is 9.38. The molecule has 0 saturated carbocycles. The van der Waals surface area contributed by atoms with Gasteiger partial charge in [0, 0.05) is 16.8 Å². The number of carbonyl (C=O) groups excluding carboxylic acids is 2. The van der Waals surface area contributed by atoms with Crippen molar-refractivity contribution >= 4 is 23.7 Å². The first-order valence-electron chi connectivity index (χ1n) is 11.1. The Bertz CT molecular complexity index is 1120. The van der Waals surface area contributed by atoms with Gasteiger partial charge in [-0.15, -0.1) is 0 Å². The molecule has 0 bridgehead atoms. The maximum atomic E-state index is 12.5. The molecule has 2 N–H and O–H groups in total. The Kier molecular flexibility index (Phi) is 7.44. The van der Waals surface area contributed by atoms with Crippen molar-refractivity contribution in [2.75, 3.05) is 5.32 Å². The summed E-state index contributed by atoms with van der Waals surface area (Å²) in [6.45, 7) is 10.7. The highest BCUT2D eigenvalue weighted by Gasteiger charge is 2.14. The third kappa shape index (κ3) is 6.62. The van der Waals surface area contributed by atoms with E-state index >= 15 is 0 Å². The average molecular weight is 442 g/mol. The molecule has 3 rings (SSSR count). The van der Waals surface area contributed by atoms with Crippen molar-refractivity contribution in [3.8, 4) is 0 Å². The molecule has 0 atom stereocenters. The lowest BCUT2D eigenvalue weighted by molar-refractivity contribution is 0.0954. The number of carbonyl (C=O) groups is 2. The minimum atomic E-state index is -0.319. The number of nitrogens with zero attached hydrogens (tertiary/aromatic N) is 1. The summed E-state index contributed by atoms with van der Waals surface area (Å²) in [7, 11) is 0. The molecule has 0 spiro atoms. The Morgan fingerprint density at radius 1 is 0.788 bits per heavy atom. The van der Waals surface area contributed by atoms with Gasteiger partial charge in [0.25, 0.3) is 11.8 Å². The van der Waals surface area contributed by atoms with Crippen molar-refractivity contribution in [3.05, 3.63) is 101 Å². The molecular weight excluding hydrogens is 410 g/mol. The standard InChI is InChI=1S/C28H31N3O2/c1-19(2)21-8-6-20(7-9-21)18-29-31-27(33)23-12-16-25(17-13-23)30-26(32)22-10-14-24(15-11-22)28(3,4)5/h6-19H,1-5H3,(H,30,32)(H,31,33)/b29-18+. The van der Waals surface area contributed by atoms with Crippen LogP contribution >= 0.6 is 0 Å². The zero-order chi connectivity index (χ0) is 24.0. The molecule has 0 saturated heterocycles. The van der Waals surface area contributed by atoms with Gasteiger partial charge in [-0.2, -0.15) is 5.10 Å². The summed E-state index contributed by atoms with van der Waals surface area (Å²) >= 11 is 0. The molecule has 0 radical (unpaired) electrons. The summed E-state index contributed by atoms with van der Waals surface area (Å²) in [5, 5.41) is 6.89. The molecule has 0 aliphatic heterocycles. The van der Waals surface area contributed by atoms with Crippen LogP contribution in [0.1, 0.15) is 77.9 Å². The largest absolute Gasteiger partial charge is 0.322 e. The molecule has 0 heterocycles. The maximum absolute atomic E-state index is 12.5. The first-order chi connectivity index (χ1) is 15.6. The second kappa shape index (κ2) is 10.3. The number of hydrogen-bond acceptors (Lipinski definition) is 3. The highest BCUT2D eigenvalue weighted by atomic mass is 16.2. The molecule has 0 aliphatic rings. The van der Waals surface area contributed by atoms with Gasteiger partial charge < -0.3 is 5.32 Å². The van der Waals surface area contributed by atoms with Crippen LogP contribution in [0.25, 0.3) is 0 Å². The molecule has 0 aliphatic carbocycles. The summed E-state index contributed by atoms with van der Waals surface area (Å²) in [4.78, 5) is 24.9. The lowest BCUT2D eigenvalue weighted by Gasteiger charge is -2.19.